The number of phosphoric acid groups is 4. The number of hydrogen-bond donors (Lipinski definition) is 16. The van der Waals surface area contributed by atoms with Crippen LogP contribution >= 0.6 is 52.9 Å². The van der Waals surface area contributed by atoms with E-state index in [0.717, 1.165) is 38.0 Å². The molecule has 4 aliphatic rings. The molecule has 4 aromatic rings. The van der Waals surface area contributed by atoms with Gasteiger partial charge in [0, 0.05) is 122 Å². The summed E-state index contributed by atoms with van der Waals surface area (Å²) >= 11 is 0. The first-order valence-electron chi connectivity index (χ1n) is 37.0. The number of rotatable bonds is 43. The molecule has 0 saturated carbocycles. The highest BCUT2D eigenvalue weighted by Crippen LogP contribution is 2.66. The number of unbranched alkanes of at least 4 members (excludes halogenated alkanes) is 4. The second-order valence-corrected chi connectivity index (χ2v) is 39.8. The van der Waals surface area contributed by atoms with Gasteiger partial charge in [-0.25, -0.2) is 27.8 Å². The Morgan fingerprint density at radius 3 is 1.89 bits per heavy atom. The molecular formula is C69H95N10O32P4S4+. The van der Waals surface area contributed by atoms with Crippen molar-refractivity contribution in [2.24, 2.45) is 0 Å². The zero-order valence-electron chi connectivity index (χ0n) is 64.8. The second-order valence-electron chi connectivity index (χ2n) is 28.6. The molecule has 4 amide bonds. The van der Waals surface area contributed by atoms with Gasteiger partial charge in [0.25, 0.3) is 31.4 Å². The SMILES string of the molecule is CCN1/C(=C/C=C/C=C/C2=[N+](CCCCCC(=O)NC(CSSCCC(=O)NCC#Cc3cn(C4CC(O)C(COP(=O)(O)OP(=O)(O)OP(=O)(O)O)O4)c(=O)[nH]c3=O)C(=O)NCCCCCC(=O)NCCCc3cn(C4CC(O)C(COP(=O)(O)O)O4)c(=O)[nH]c3=O)c3ccc(S(=O)(=O)O)cc3C2(C)C)C(C)(C)c2cc(S(=O)(=O)O)ccc21. The van der Waals surface area contributed by atoms with Gasteiger partial charge in [0.15, 0.2) is 5.71 Å². The number of aromatic nitrogens is 4. The van der Waals surface area contributed by atoms with Gasteiger partial charge in [-0.1, -0.05) is 71.9 Å². The van der Waals surface area contributed by atoms with Crippen molar-refractivity contribution < 1.29 is 135 Å². The van der Waals surface area contributed by atoms with Crippen LogP contribution in [0.25, 0.3) is 0 Å². The predicted molar refractivity (Wildman–Crippen MR) is 430 cm³/mol. The summed E-state index contributed by atoms with van der Waals surface area (Å²) in [5, 5.41) is 31.9. The number of nitrogens with zero attached hydrogens (tertiary/aromatic N) is 4. The fourth-order valence-corrected chi connectivity index (χ4v) is 19.9. The molecular weight excluding hydrogens is 1730 g/mol. The van der Waals surface area contributed by atoms with Crippen molar-refractivity contribution in [2.75, 3.05) is 62.3 Å². The Bertz CT molecular complexity index is 5320. The van der Waals surface area contributed by atoms with Gasteiger partial charge in [-0.15, -0.1) is 0 Å². The molecule has 4 aliphatic heterocycles. The van der Waals surface area contributed by atoms with E-state index in [9.17, 15) is 103 Å². The van der Waals surface area contributed by atoms with Gasteiger partial charge in [0.05, 0.1) is 47.2 Å². The van der Waals surface area contributed by atoms with E-state index in [1.165, 1.54) is 52.1 Å². The van der Waals surface area contributed by atoms with E-state index in [1.807, 2.05) is 74.6 Å². The average molecular weight is 1830 g/mol. The van der Waals surface area contributed by atoms with Crippen molar-refractivity contribution in [3.63, 3.8) is 0 Å². The summed E-state index contributed by atoms with van der Waals surface area (Å²) in [5.41, 5.74) is -0.553. The third kappa shape index (κ3) is 28.2. The van der Waals surface area contributed by atoms with Crippen molar-refractivity contribution in [2.45, 2.75) is 182 Å². The maximum Gasteiger partial charge on any atom is 0.490 e. The number of aliphatic hydroxyl groups excluding tert-OH is 2. The molecule has 9 unspecified atom stereocenters. The Hall–Kier alpha value is -7.19. The van der Waals surface area contributed by atoms with Gasteiger partial charge in [-0.05, 0) is 101 Å². The van der Waals surface area contributed by atoms with Crippen LogP contribution < -0.4 is 48.7 Å². The highest BCUT2D eigenvalue weighted by molar-refractivity contribution is 8.76. The summed E-state index contributed by atoms with van der Waals surface area (Å²) in [5.74, 6) is 3.61. The average Bonchev–Trinajstić information content (AvgIpc) is 1.59. The van der Waals surface area contributed by atoms with Crippen molar-refractivity contribution in [3.05, 3.63) is 149 Å². The summed E-state index contributed by atoms with van der Waals surface area (Å²) in [6.45, 7) is 9.02. The molecule has 2 saturated heterocycles. The molecule has 50 heteroatoms. The minimum Gasteiger partial charge on any atom is -0.390 e. The minimum atomic E-state index is -5.86. The van der Waals surface area contributed by atoms with Gasteiger partial charge in [-0.2, -0.15) is 30.0 Å². The maximum absolute atomic E-state index is 13.9. The first-order valence-corrected chi connectivity index (χ1v) is 48.4. The van der Waals surface area contributed by atoms with E-state index < -0.39 is 159 Å². The highest BCUT2D eigenvalue weighted by atomic mass is 33.1. The van der Waals surface area contributed by atoms with Crippen LogP contribution in [0.5, 0.6) is 0 Å². The van der Waals surface area contributed by atoms with E-state index in [4.69, 9.17) is 29.0 Å². The summed E-state index contributed by atoms with van der Waals surface area (Å²) in [7, 11) is -28.7. The number of allylic oxidation sites excluding steroid dienone is 6. The Morgan fingerprint density at radius 1 is 0.672 bits per heavy atom. The summed E-state index contributed by atoms with van der Waals surface area (Å²) < 4.78 is 146. The van der Waals surface area contributed by atoms with Crippen molar-refractivity contribution in [3.8, 4) is 11.8 Å². The number of carbonyl (C=O) groups excluding carboxylic acids is 4. The van der Waals surface area contributed by atoms with Crippen LogP contribution in [-0.4, -0.2) is 206 Å². The molecule has 42 nitrogen and oxygen atoms in total. The minimum absolute atomic E-state index is 0.0106. The molecule has 2 aromatic heterocycles. The van der Waals surface area contributed by atoms with Gasteiger partial charge < -0.3 is 75.2 Å². The molecule has 656 valence electrons. The van der Waals surface area contributed by atoms with Gasteiger partial charge in [0.2, 0.25) is 29.3 Å². The number of aliphatic hydroxyl groups is 2. The summed E-state index contributed by atoms with van der Waals surface area (Å²) in [4.78, 5) is 165. The Balaban J connectivity index is 0.840. The number of likely N-dealkylation sites (N-methyl/N-ethyl adjacent to an activating group) is 1. The number of fused-ring (bicyclic) bond motifs is 2. The van der Waals surface area contributed by atoms with Crippen LogP contribution in [0.3, 0.4) is 0 Å². The topological polar surface area (TPSA) is 627 Å². The lowest BCUT2D eigenvalue weighted by molar-refractivity contribution is -0.438. The van der Waals surface area contributed by atoms with Gasteiger partial charge >= 0.3 is 42.7 Å². The van der Waals surface area contributed by atoms with Crippen LogP contribution in [0.4, 0.5) is 11.4 Å². The number of ether oxygens (including phenoxy) is 2. The summed E-state index contributed by atoms with van der Waals surface area (Å²) in [6, 6.07) is 7.82. The van der Waals surface area contributed by atoms with Crippen LogP contribution in [0.1, 0.15) is 146 Å². The number of carbonyl (C=O) groups is 4. The van der Waals surface area contributed by atoms with Crippen LogP contribution in [-0.2, 0) is 102 Å². The van der Waals surface area contributed by atoms with Crippen molar-refractivity contribution in [1.82, 2.24) is 40.4 Å². The number of amides is 4. The number of H-pyrrole nitrogens is 2. The third-order valence-corrected chi connectivity index (χ3v) is 27.6. The van der Waals surface area contributed by atoms with E-state index in [0.29, 0.717) is 62.9 Å². The van der Waals surface area contributed by atoms with Crippen LogP contribution in [0, 0.1) is 11.8 Å². The maximum atomic E-state index is 13.9. The number of hydrogen-bond acceptors (Lipinski definition) is 27. The molecule has 8 rings (SSSR count). The highest BCUT2D eigenvalue weighted by Gasteiger charge is 2.47. The first-order chi connectivity index (χ1) is 55.6. The number of aromatic amines is 2. The monoisotopic (exact) mass is 1830 g/mol. The molecule has 0 spiro atoms. The second kappa shape index (κ2) is 41.8. The molecule has 2 aromatic carbocycles. The normalized spacial score (nSPS) is 20.7. The van der Waals surface area contributed by atoms with E-state index in [-0.39, 0.29) is 103 Å². The fourth-order valence-electron chi connectivity index (χ4n) is 13.4. The Morgan fingerprint density at radius 2 is 1.26 bits per heavy atom. The molecule has 16 N–H and O–H groups in total. The Labute approximate surface area is 689 Å². The quantitative estimate of drug-likeness (QED) is 0.00575. The van der Waals surface area contributed by atoms with E-state index in [1.54, 1.807) is 12.1 Å². The van der Waals surface area contributed by atoms with Gasteiger partial charge in [-0.3, -0.25) is 66.0 Å². The van der Waals surface area contributed by atoms with Gasteiger partial charge in [0.1, 0.15) is 42.8 Å². The molecule has 0 aliphatic carbocycles. The first kappa shape index (κ1) is 97.3. The van der Waals surface area contributed by atoms with E-state index in [2.05, 4.69) is 60.7 Å². The number of phosphoric ester groups is 2. The zero-order valence-corrected chi connectivity index (χ0v) is 71.6. The molecule has 9 atom stereocenters. The van der Waals surface area contributed by atoms with Crippen LogP contribution in [0.2, 0.25) is 0 Å². The fraction of sp³-hybridized carbons (Fsp3) is 0.522. The number of nitrogens with one attached hydrogen (secondary N) is 6. The standard InChI is InChI=1S/C69H94N10O32P4S4/c1-6-76-50-26-24-45(118(100,101)102)34-47(50)68(2,3)56(76)20-10-7-11-21-57-69(4,5)48-35-46(119(103,104)105)25-27-51(48)77(57)32-15-9-13-23-60(84)73-49(65(87)72-29-14-8-12-22-58(82)70-30-16-18-43-38-78(66(88)74-63(43)85)61-36-52(80)54(108-61)40-106-112(90,91)92)42-117-116-33-28-59(83)71-31-17-19-44-39-79(67(89)75-64(44)86)62-37-53(81)55(109-62)41-107-114(96,97)111-115(98,99)110-113(93,94)95/h7,10-11,20-21,24-27,34-35,38-39,49,52-55,61-62,80-81H,6,8-9,12-16,18,22-23,28-33,36-37,40-42H2,1-5H3,(H13-,70,71,72,73,74,75,82,83,84,85,86,87,88,89,90,91,92,93,94,95,96,97,98,99,100,101,102,103,104,105)/p+1. The molecule has 119 heavy (non-hydrogen) atoms. The van der Waals surface area contributed by atoms with E-state index >= 15 is 0 Å². The molecule has 0 bridgehead atoms. The molecule has 0 radical (unpaired) electrons. The number of benzene rings is 2. The number of aryl methyl sites for hydroxylation is 1. The Kier molecular flexibility index (Phi) is 34.2. The zero-order chi connectivity index (χ0) is 87.8. The molecule has 6 heterocycles. The smallest absolute Gasteiger partial charge is 0.390 e. The van der Waals surface area contributed by atoms with Crippen LogP contribution in [0.15, 0.2) is 114 Å². The lowest BCUT2D eigenvalue weighted by Gasteiger charge is -2.25. The predicted octanol–water partition coefficient (Wildman–Crippen LogP) is 3.23. The molecule has 2 fully saturated rings. The lowest BCUT2D eigenvalue weighted by Crippen LogP contribution is -2.48. The lowest BCUT2D eigenvalue weighted by atomic mass is 9.81. The van der Waals surface area contributed by atoms with Crippen molar-refractivity contribution in [1.29, 1.82) is 0 Å². The largest absolute Gasteiger partial charge is 0.490 e. The summed E-state index contributed by atoms with van der Waals surface area (Å²) in [6.07, 6.45) is 6.38. The number of anilines is 1. The third-order valence-electron chi connectivity index (χ3n) is 19.2. The van der Waals surface area contributed by atoms with Crippen molar-refractivity contribution >= 4 is 114 Å².